The van der Waals surface area contributed by atoms with Gasteiger partial charge in [0.05, 0.1) is 11.4 Å². The van der Waals surface area contributed by atoms with Crippen LogP contribution in [0.15, 0.2) is 18.5 Å². The third kappa shape index (κ3) is 1.35. The topological polar surface area (TPSA) is 47.7 Å². The lowest BCUT2D eigenvalue weighted by atomic mass is 10.2. The lowest BCUT2D eigenvalue weighted by Gasteiger charge is -2.12. The van der Waals surface area contributed by atoms with Crippen LogP contribution in [-0.4, -0.2) is 26.1 Å². The van der Waals surface area contributed by atoms with Crippen LogP contribution >= 0.6 is 0 Å². The van der Waals surface area contributed by atoms with Crippen LogP contribution in [0.3, 0.4) is 0 Å². The number of rotatable bonds is 1. The van der Waals surface area contributed by atoms with Gasteiger partial charge in [-0.3, -0.25) is 0 Å². The Morgan fingerprint density at radius 2 is 2.40 bits per heavy atom. The summed E-state index contributed by atoms with van der Waals surface area (Å²) in [5.41, 5.74) is 3.40. The molecule has 0 amide bonds. The third-order valence-electron chi connectivity index (χ3n) is 2.74. The molecule has 0 fully saturated rings. The van der Waals surface area contributed by atoms with E-state index in [4.69, 9.17) is 0 Å². The van der Waals surface area contributed by atoms with E-state index < -0.39 is 0 Å². The zero-order valence-corrected chi connectivity index (χ0v) is 8.64. The molecule has 1 aliphatic rings. The summed E-state index contributed by atoms with van der Waals surface area (Å²) in [4.78, 5) is 0. The van der Waals surface area contributed by atoms with Gasteiger partial charge in [-0.25, -0.2) is 4.68 Å². The molecule has 0 saturated carbocycles. The Hall–Kier alpha value is -1.62. The number of hydrogen-bond acceptors (Lipinski definition) is 3. The minimum absolute atomic E-state index is 0.835. The summed E-state index contributed by atoms with van der Waals surface area (Å²) >= 11 is 0. The first-order valence-electron chi connectivity index (χ1n) is 5.11. The SMILES string of the molecule is Cn1ccc(-n2nnc3c2CCNC3)c1. The molecule has 2 aromatic rings. The van der Waals surface area contributed by atoms with Gasteiger partial charge in [-0.15, -0.1) is 5.10 Å². The largest absolute Gasteiger partial charge is 0.355 e. The molecule has 3 heterocycles. The van der Waals surface area contributed by atoms with Crippen molar-refractivity contribution in [2.75, 3.05) is 6.54 Å². The van der Waals surface area contributed by atoms with E-state index >= 15 is 0 Å². The van der Waals surface area contributed by atoms with Crippen LogP contribution in [0, 0.1) is 0 Å². The molecule has 3 rings (SSSR count). The first kappa shape index (κ1) is 8.67. The molecular weight excluding hydrogens is 190 g/mol. The molecular formula is C10H13N5. The molecule has 0 bridgehead atoms. The predicted octanol–water partition coefficient (Wildman–Crippen LogP) is 0.251. The van der Waals surface area contributed by atoms with Crippen LogP contribution in [0.1, 0.15) is 11.4 Å². The first-order valence-corrected chi connectivity index (χ1v) is 5.11. The fourth-order valence-corrected chi connectivity index (χ4v) is 1.96. The Morgan fingerprint density at radius 3 is 3.20 bits per heavy atom. The monoisotopic (exact) mass is 203 g/mol. The van der Waals surface area contributed by atoms with Crippen molar-refractivity contribution in [3.63, 3.8) is 0 Å². The van der Waals surface area contributed by atoms with Gasteiger partial charge in [0, 0.05) is 39.0 Å². The molecule has 15 heavy (non-hydrogen) atoms. The Balaban J connectivity index is 2.08. The highest BCUT2D eigenvalue weighted by atomic mass is 15.4. The zero-order valence-electron chi connectivity index (χ0n) is 8.64. The normalized spacial score (nSPS) is 15.3. The highest BCUT2D eigenvalue weighted by molar-refractivity contribution is 5.32. The summed E-state index contributed by atoms with van der Waals surface area (Å²) in [6.45, 7) is 1.84. The second kappa shape index (κ2) is 3.20. The van der Waals surface area contributed by atoms with Gasteiger partial charge in [-0.05, 0) is 6.07 Å². The molecule has 0 aliphatic carbocycles. The summed E-state index contributed by atoms with van der Waals surface area (Å²) in [5.74, 6) is 0. The van der Waals surface area contributed by atoms with E-state index in [0.29, 0.717) is 0 Å². The van der Waals surface area contributed by atoms with Crippen molar-refractivity contribution in [2.24, 2.45) is 7.05 Å². The van der Waals surface area contributed by atoms with Crippen LogP contribution in [0.5, 0.6) is 0 Å². The molecule has 0 saturated heterocycles. The fraction of sp³-hybridized carbons (Fsp3) is 0.400. The number of nitrogens with one attached hydrogen (secondary N) is 1. The maximum atomic E-state index is 4.19. The van der Waals surface area contributed by atoms with Crippen molar-refractivity contribution in [3.05, 3.63) is 29.8 Å². The summed E-state index contributed by atoms with van der Waals surface area (Å²) < 4.78 is 3.96. The second-order valence-electron chi connectivity index (χ2n) is 3.86. The molecule has 1 aliphatic heterocycles. The molecule has 0 atom stereocenters. The van der Waals surface area contributed by atoms with Crippen LogP contribution in [-0.2, 0) is 20.0 Å². The third-order valence-corrected chi connectivity index (χ3v) is 2.74. The summed E-state index contributed by atoms with van der Waals surface area (Å²) in [6, 6.07) is 2.05. The summed E-state index contributed by atoms with van der Waals surface area (Å²) in [6.07, 6.45) is 5.07. The Labute approximate surface area is 87.7 Å². The van der Waals surface area contributed by atoms with Gasteiger partial charge in [0.2, 0.25) is 0 Å². The molecule has 2 aromatic heterocycles. The average Bonchev–Trinajstić information content (AvgIpc) is 2.83. The number of aromatic nitrogens is 4. The maximum absolute atomic E-state index is 4.19. The first-order chi connectivity index (χ1) is 7.34. The van der Waals surface area contributed by atoms with Crippen molar-refractivity contribution < 1.29 is 0 Å². The number of aryl methyl sites for hydroxylation is 1. The minimum Gasteiger partial charge on any atom is -0.355 e. The maximum Gasteiger partial charge on any atom is 0.100 e. The van der Waals surface area contributed by atoms with E-state index in [2.05, 4.69) is 27.9 Å². The van der Waals surface area contributed by atoms with Crippen LogP contribution < -0.4 is 5.32 Å². The molecule has 78 valence electrons. The van der Waals surface area contributed by atoms with Crippen LogP contribution in [0.4, 0.5) is 0 Å². The van der Waals surface area contributed by atoms with E-state index in [1.54, 1.807) is 0 Å². The Kier molecular flexibility index (Phi) is 1.85. The standard InChI is InChI=1S/C10H13N5/c1-14-5-3-8(7-14)15-10-2-4-11-6-9(10)12-13-15/h3,5,7,11H,2,4,6H2,1H3. The van der Waals surface area contributed by atoms with Gasteiger partial charge < -0.3 is 9.88 Å². The van der Waals surface area contributed by atoms with Gasteiger partial charge in [0.25, 0.3) is 0 Å². The van der Waals surface area contributed by atoms with E-state index in [-0.39, 0.29) is 0 Å². The molecule has 0 aromatic carbocycles. The van der Waals surface area contributed by atoms with Crippen LogP contribution in [0.2, 0.25) is 0 Å². The van der Waals surface area contributed by atoms with Gasteiger partial charge in [0.15, 0.2) is 0 Å². The van der Waals surface area contributed by atoms with E-state index in [1.165, 1.54) is 5.69 Å². The molecule has 5 heteroatoms. The van der Waals surface area contributed by atoms with Gasteiger partial charge in [0.1, 0.15) is 5.69 Å². The van der Waals surface area contributed by atoms with Crippen molar-refractivity contribution in [1.82, 2.24) is 24.9 Å². The number of hydrogen-bond donors (Lipinski definition) is 1. The Bertz CT molecular complexity index is 482. The number of fused-ring (bicyclic) bond motifs is 1. The molecule has 0 unspecified atom stereocenters. The Morgan fingerprint density at radius 1 is 1.47 bits per heavy atom. The van der Waals surface area contributed by atoms with E-state index in [0.717, 1.165) is 30.9 Å². The van der Waals surface area contributed by atoms with Crippen molar-refractivity contribution in [1.29, 1.82) is 0 Å². The zero-order chi connectivity index (χ0) is 10.3. The number of nitrogens with zero attached hydrogens (tertiary/aromatic N) is 4. The smallest absolute Gasteiger partial charge is 0.100 e. The quantitative estimate of drug-likeness (QED) is 0.722. The van der Waals surface area contributed by atoms with E-state index in [9.17, 15) is 0 Å². The fourth-order valence-electron chi connectivity index (χ4n) is 1.96. The summed E-state index contributed by atoms with van der Waals surface area (Å²) in [7, 11) is 2.01. The summed E-state index contributed by atoms with van der Waals surface area (Å²) in [5, 5.41) is 11.7. The lowest BCUT2D eigenvalue weighted by molar-refractivity contribution is 0.619. The van der Waals surface area contributed by atoms with Crippen molar-refractivity contribution in [3.8, 4) is 5.69 Å². The lowest BCUT2D eigenvalue weighted by Crippen LogP contribution is -2.24. The van der Waals surface area contributed by atoms with Gasteiger partial charge >= 0.3 is 0 Å². The van der Waals surface area contributed by atoms with Gasteiger partial charge in [-0.2, -0.15) is 0 Å². The highest BCUT2D eigenvalue weighted by Crippen LogP contribution is 2.15. The molecule has 5 nitrogen and oxygen atoms in total. The van der Waals surface area contributed by atoms with Crippen LogP contribution in [0.25, 0.3) is 5.69 Å². The van der Waals surface area contributed by atoms with Crippen molar-refractivity contribution >= 4 is 0 Å². The average molecular weight is 203 g/mol. The van der Waals surface area contributed by atoms with Gasteiger partial charge in [-0.1, -0.05) is 5.21 Å². The predicted molar refractivity (Wildman–Crippen MR) is 55.7 cm³/mol. The van der Waals surface area contributed by atoms with E-state index in [1.807, 2.05) is 22.5 Å². The molecule has 1 N–H and O–H groups in total. The highest BCUT2D eigenvalue weighted by Gasteiger charge is 2.17. The molecule has 0 spiro atoms. The van der Waals surface area contributed by atoms with Crippen molar-refractivity contribution in [2.45, 2.75) is 13.0 Å². The second-order valence-corrected chi connectivity index (χ2v) is 3.86. The molecule has 0 radical (unpaired) electrons. The minimum atomic E-state index is 0.835.